The Labute approximate surface area is 453 Å². The second-order valence-electron chi connectivity index (χ2n) is 18.3. The van der Waals surface area contributed by atoms with E-state index < -0.39 is 182 Å². The quantitative estimate of drug-likeness (QED) is 0.0289. The van der Waals surface area contributed by atoms with Crippen LogP contribution in [0, 0.1) is 5.92 Å². The Balaban J connectivity index is 2.19. The number of hydrogen-bond donors (Lipinski definition) is 16. The molecule has 2 aromatic rings. The maximum Gasteiger partial charge on any atom is 0.326 e. The van der Waals surface area contributed by atoms with Crippen molar-refractivity contribution in [3.63, 3.8) is 0 Å². The monoisotopic (exact) mass is 1120 g/mol. The number of rotatable bonds is 35. The molecule has 0 saturated heterocycles. The van der Waals surface area contributed by atoms with Gasteiger partial charge in [0.2, 0.25) is 59.1 Å². The second kappa shape index (κ2) is 33.8. The number of carbonyl (C=O) groups is 13. The van der Waals surface area contributed by atoms with Gasteiger partial charge in [0.05, 0.1) is 25.6 Å². The van der Waals surface area contributed by atoms with Gasteiger partial charge in [0.15, 0.2) is 0 Å². The van der Waals surface area contributed by atoms with Gasteiger partial charge in [-0.15, -0.1) is 0 Å². The number of thiol groups is 1. The van der Waals surface area contributed by atoms with Crippen molar-refractivity contribution < 1.29 is 82.8 Å². The predicted octanol–water partition coefficient (Wildman–Crippen LogP) is -4.53. The molecule has 17 N–H and O–H groups in total. The van der Waals surface area contributed by atoms with Crippen LogP contribution in [-0.2, 0) is 75.2 Å². The van der Waals surface area contributed by atoms with E-state index in [-0.39, 0.29) is 25.2 Å². The first-order valence-electron chi connectivity index (χ1n) is 24.4. The van der Waals surface area contributed by atoms with Gasteiger partial charge in [0.25, 0.3) is 0 Å². The van der Waals surface area contributed by atoms with Gasteiger partial charge in [-0.2, -0.15) is 12.6 Å². The molecule has 0 fully saturated rings. The third-order valence-electron chi connectivity index (χ3n) is 11.3. The molecule has 428 valence electrons. The number of benzene rings is 2. The van der Waals surface area contributed by atoms with Crippen molar-refractivity contribution in [3.8, 4) is 0 Å². The Hall–Kier alpha value is -8.18. The minimum atomic E-state index is -1.77. The molecular formula is C49H69N11O17S. The van der Waals surface area contributed by atoms with Gasteiger partial charge < -0.3 is 79.7 Å². The van der Waals surface area contributed by atoms with Crippen LogP contribution < -0.4 is 59.3 Å². The molecule has 78 heavy (non-hydrogen) atoms. The summed E-state index contributed by atoms with van der Waals surface area (Å²) < 4.78 is 0. The topological polar surface area (TPSA) is 463 Å². The zero-order chi connectivity index (χ0) is 58.6. The number of carboxylic acids is 3. The highest BCUT2D eigenvalue weighted by Crippen LogP contribution is 2.10. The molecule has 0 heterocycles. The van der Waals surface area contributed by atoms with Gasteiger partial charge in [-0.25, -0.2) is 4.79 Å². The third-order valence-corrected chi connectivity index (χ3v) is 11.7. The molecule has 0 spiro atoms. The molecule has 0 saturated carbocycles. The normalized spacial score (nSPS) is 14.3. The summed E-state index contributed by atoms with van der Waals surface area (Å²) in [5.41, 5.74) is 12.6. The van der Waals surface area contributed by atoms with Crippen molar-refractivity contribution in [1.29, 1.82) is 0 Å². The smallest absolute Gasteiger partial charge is 0.326 e. The summed E-state index contributed by atoms with van der Waals surface area (Å²) in [5.74, 6) is -15.1. The van der Waals surface area contributed by atoms with Crippen molar-refractivity contribution >= 4 is 89.6 Å². The molecule has 0 aliphatic rings. The summed E-state index contributed by atoms with van der Waals surface area (Å²) in [4.78, 5) is 166. The fraction of sp³-hybridized carbons (Fsp3) is 0.490. The molecule has 28 nitrogen and oxygen atoms in total. The Bertz CT molecular complexity index is 2440. The molecule has 0 bridgehead atoms. The molecule has 0 radical (unpaired) electrons. The van der Waals surface area contributed by atoms with E-state index in [4.69, 9.17) is 16.6 Å². The van der Waals surface area contributed by atoms with E-state index in [1.54, 1.807) is 74.5 Å². The fourth-order valence-corrected chi connectivity index (χ4v) is 7.42. The number of aliphatic hydroxyl groups excluding tert-OH is 1. The number of nitrogens with two attached hydrogens (primary N) is 2. The largest absolute Gasteiger partial charge is 0.481 e. The highest BCUT2D eigenvalue weighted by atomic mass is 32.1. The Morgan fingerprint density at radius 3 is 1.47 bits per heavy atom. The summed E-state index contributed by atoms with van der Waals surface area (Å²) >= 11 is 4.17. The van der Waals surface area contributed by atoms with E-state index in [2.05, 4.69) is 60.5 Å². The van der Waals surface area contributed by atoms with Gasteiger partial charge in [0, 0.05) is 25.0 Å². The molecule has 0 aliphatic heterocycles. The standard InChI is InChI=1S/C49H69N11O17S/c1-25(2)18-32(45(72)56-31(49(76)77)15-17-40(66)67)54-38(63)22-52-43(70)34(21-37(51)62)57-41(68)26(3)53-44(71)30(14-16-39(64)65)55-48(75)36(24-78)60-46(73)33(20-28-12-8-5-9-13-28)58-47(74)35(23-61)59-42(69)29(50)19-27-10-6-4-7-11-27/h4-13,25-26,29-36,61,78H,14-24,50H2,1-3H3,(H2,51,62)(H,52,70)(H,53,71)(H,54,63)(H,55,75)(H,56,72)(H,57,68)(H,58,74)(H,59,69)(H,60,73)(H,64,65)(H,66,67)(H,76,77)/t26-,29-,30-,31-,32-,33-,34-,35-,36-/m0/s1. The maximum absolute atomic E-state index is 13.9. The lowest BCUT2D eigenvalue weighted by Crippen LogP contribution is -2.61. The summed E-state index contributed by atoms with van der Waals surface area (Å²) in [6, 6.07) is 3.34. The lowest BCUT2D eigenvalue weighted by Gasteiger charge is -2.26. The van der Waals surface area contributed by atoms with Crippen LogP contribution in [0.2, 0.25) is 0 Å². The van der Waals surface area contributed by atoms with Crippen molar-refractivity contribution in [3.05, 3.63) is 71.8 Å². The lowest BCUT2D eigenvalue weighted by molar-refractivity contribution is -0.143. The number of aliphatic hydroxyl groups is 1. The number of primary amides is 1. The Kier molecular flexibility index (Phi) is 28.5. The van der Waals surface area contributed by atoms with Gasteiger partial charge in [0.1, 0.15) is 48.3 Å². The van der Waals surface area contributed by atoms with Crippen LogP contribution in [0.15, 0.2) is 60.7 Å². The summed E-state index contributed by atoms with van der Waals surface area (Å²) in [7, 11) is 0. The fourth-order valence-electron chi connectivity index (χ4n) is 7.16. The first-order chi connectivity index (χ1) is 36.7. The van der Waals surface area contributed by atoms with E-state index in [0.29, 0.717) is 5.56 Å². The maximum atomic E-state index is 13.9. The van der Waals surface area contributed by atoms with Crippen LogP contribution in [-0.4, -0.2) is 171 Å². The zero-order valence-electron chi connectivity index (χ0n) is 43.0. The van der Waals surface area contributed by atoms with E-state index in [0.717, 1.165) is 12.5 Å². The number of amides is 10. The molecule has 10 amide bonds. The Morgan fingerprint density at radius 1 is 0.513 bits per heavy atom. The molecular weight excluding hydrogens is 1050 g/mol. The predicted molar refractivity (Wildman–Crippen MR) is 278 cm³/mol. The Morgan fingerprint density at radius 2 is 0.962 bits per heavy atom. The van der Waals surface area contributed by atoms with Gasteiger partial charge >= 0.3 is 17.9 Å². The van der Waals surface area contributed by atoms with Gasteiger partial charge in [-0.1, -0.05) is 74.5 Å². The first kappa shape index (κ1) is 65.9. The summed E-state index contributed by atoms with van der Waals surface area (Å²) in [6.07, 6.45) is -3.23. The molecule has 29 heteroatoms. The number of carboxylic acid groups (broad SMARTS) is 3. The van der Waals surface area contributed by atoms with Crippen LogP contribution in [0.1, 0.15) is 70.4 Å². The van der Waals surface area contributed by atoms with E-state index in [1.807, 2.05) is 0 Å². The third kappa shape index (κ3) is 24.7. The lowest BCUT2D eigenvalue weighted by atomic mass is 10.0. The molecule has 0 aromatic heterocycles. The minimum Gasteiger partial charge on any atom is -0.481 e. The second-order valence-corrected chi connectivity index (χ2v) is 18.7. The average Bonchev–Trinajstić information content (AvgIpc) is 3.37. The number of aliphatic carboxylic acids is 3. The molecule has 2 rings (SSSR count). The van der Waals surface area contributed by atoms with E-state index >= 15 is 0 Å². The van der Waals surface area contributed by atoms with Crippen molar-refractivity contribution in [2.24, 2.45) is 17.4 Å². The minimum absolute atomic E-state index is 0.0188. The number of carbonyl (C=O) groups excluding carboxylic acids is 10. The van der Waals surface area contributed by atoms with Gasteiger partial charge in [-0.05, 0) is 49.7 Å². The van der Waals surface area contributed by atoms with Crippen molar-refractivity contribution in [1.82, 2.24) is 47.9 Å². The number of hydrogen-bond acceptors (Lipinski definition) is 16. The highest BCUT2D eigenvalue weighted by molar-refractivity contribution is 7.80. The van der Waals surface area contributed by atoms with Crippen molar-refractivity contribution in [2.75, 3.05) is 18.9 Å². The molecule has 0 unspecified atom stereocenters. The van der Waals surface area contributed by atoms with Crippen LogP contribution in [0.3, 0.4) is 0 Å². The first-order valence-corrected chi connectivity index (χ1v) is 25.1. The van der Waals surface area contributed by atoms with Crippen LogP contribution in [0.4, 0.5) is 0 Å². The highest BCUT2D eigenvalue weighted by Gasteiger charge is 2.34. The van der Waals surface area contributed by atoms with Crippen molar-refractivity contribution in [2.45, 2.75) is 127 Å². The van der Waals surface area contributed by atoms with Crippen LogP contribution in [0.25, 0.3) is 0 Å². The van der Waals surface area contributed by atoms with Crippen LogP contribution in [0.5, 0.6) is 0 Å². The van der Waals surface area contributed by atoms with Crippen LogP contribution >= 0.6 is 12.6 Å². The molecule has 0 aliphatic carbocycles. The number of nitrogens with one attached hydrogen (secondary N) is 9. The van der Waals surface area contributed by atoms with Gasteiger partial charge in [-0.3, -0.25) is 57.5 Å². The summed E-state index contributed by atoms with van der Waals surface area (Å²) in [6.45, 7) is 2.74. The molecule has 9 atom stereocenters. The summed E-state index contributed by atoms with van der Waals surface area (Å²) in [5, 5.41) is 58.7. The molecule has 2 aromatic carbocycles. The van der Waals surface area contributed by atoms with E-state index in [9.17, 15) is 77.6 Å². The zero-order valence-corrected chi connectivity index (χ0v) is 43.9. The SMILES string of the molecule is CC(C)C[C@H](NC(=O)CNC(=O)[C@H](CC(N)=O)NC(=O)[C@H](C)NC(=O)[C@H](CCC(=O)O)NC(=O)[C@H](CS)NC(=O)[C@H](Cc1ccccc1)NC(=O)[C@H](CO)NC(=O)[C@@H](N)Cc1ccccc1)C(=O)N[C@@H](CCC(=O)O)C(=O)O. The average molecular weight is 1120 g/mol. The van der Waals surface area contributed by atoms with E-state index in [1.165, 1.54) is 0 Å².